The molecule has 7 nitrogen and oxygen atoms in total. The van der Waals surface area contributed by atoms with Gasteiger partial charge in [0.05, 0.1) is 0 Å². The van der Waals surface area contributed by atoms with Crippen LogP contribution in [-0.4, -0.2) is 48.8 Å². The van der Waals surface area contributed by atoms with Gasteiger partial charge in [-0.15, -0.1) is 11.3 Å². The Morgan fingerprint density at radius 2 is 2.04 bits per heavy atom. The molecule has 2 N–H and O–H groups in total. The third-order valence-corrected chi connectivity index (χ3v) is 7.55. The third-order valence-electron chi connectivity index (χ3n) is 4.03. The van der Waals surface area contributed by atoms with Crippen LogP contribution in [0.15, 0.2) is 16.3 Å². The van der Waals surface area contributed by atoms with Gasteiger partial charge in [0.15, 0.2) is 0 Å². The van der Waals surface area contributed by atoms with E-state index >= 15 is 0 Å². The first-order valence-corrected chi connectivity index (χ1v) is 10.4. The number of thiophene rings is 1. The van der Waals surface area contributed by atoms with Crippen LogP contribution in [0.3, 0.4) is 0 Å². The van der Waals surface area contributed by atoms with Gasteiger partial charge in [-0.05, 0) is 31.4 Å². The van der Waals surface area contributed by atoms with E-state index in [1.54, 1.807) is 6.07 Å². The number of nitrogens with zero attached hydrogens (tertiary/aromatic N) is 1. The van der Waals surface area contributed by atoms with E-state index in [0.29, 0.717) is 25.8 Å². The molecule has 1 saturated heterocycles. The summed E-state index contributed by atoms with van der Waals surface area (Å²) in [5, 5.41) is 12.0. The smallest absolute Gasteiger partial charge is 0.322 e. The second kappa shape index (κ2) is 7.43. The van der Waals surface area contributed by atoms with Crippen molar-refractivity contribution < 1.29 is 23.1 Å². The van der Waals surface area contributed by atoms with Crippen LogP contribution in [0.5, 0.6) is 0 Å². The Kier molecular flexibility index (Phi) is 5.90. The van der Waals surface area contributed by atoms with Crippen molar-refractivity contribution in [2.75, 3.05) is 13.1 Å². The fraction of sp³-hybridized carbons (Fsp3) is 0.625. The highest BCUT2D eigenvalue weighted by molar-refractivity contribution is 7.91. The molecule has 0 aliphatic carbocycles. The minimum Gasteiger partial charge on any atom is -0.480 e. The molecule has 25 heavy (non-hydrogen) atoms. The summed E-state index contributed by atoms with van der Waals surface area (Å²) < 4.78 is 26.6. The number of hydrogen-bond acceptors (Lipinski definition) is 5. The largest absolute Gasteiger partial charge is 0.480 e. The van der Waals surface area contributed by atoms with Gasteiger partial charge < -0.3 is 10.4 Å². The summed E-state index contributed by atoms with van der Waals surface area (Å²) in [6.45, 7) is 6.14. The minimum absolute atomic E-state index is 0.0572. The predicted molar refractivity (Wildman–Crippen MR) is 95.0 cm³/mol. The van der Waals surface area contributed by atoms with E-state index in [4.69, 9.17) is 0 Å². The van der Waals surface area contributed by atoms with E-state index in [2.05, 4.69) is 5.32 Å². The highest BCUT2D eigenvalue weighted by atomic mass is 32.2. The zero-order valence-corrected chi connectivity index (χ0v) is 16.2. The molecule has 9 heteroatoms. The summed E-state index contributed by atoms with van der Waals surface area (Å²) in [6.07, 6.45) is 1.42. The Balaban J connectivity index is 2.03. The zero-order valence-electron chi connectivity index (χ0n) is 14.6. The van der Waals surface area contributed by atoms with Crippen LogP contribution >= 0.6 is 11.3 Å². The maximum Gasteiger partial charge on any atom is 0.322 e. The molecule has 0 spiro atoms. The summed E-state index contributed by atoms with van der Waals surface area (Å²) in [7, 11) is -3.79. The van der Waals surface area contributed by atoms with E-state index in [1.807, 2.05) is 20.8 Å². The summed E-state index contributed by atoms with van der Waals surface area (Å²) in [5.41, 5.74) is -0.467. The Hall–Kier alpha value is -1.45. The minimum atomic E-state index is -3.79. The molecule has 1 atom stereocenters. The number of hydrogen-bond donors (Lipinski definition) is 2. The quantitative estimate of drug-likeness (QED) is 0.772. The molecule has 1 aliphatic heterocycles. The monoisotopic (exact) mass is 388 g/mol. The van der Waals surface area contributed by atoms with Crippen molar-refractivity contribution in [2.24, 2.45) is 5.41 Å². The van der Waals surface area contributed by atoms with Gasteiger partial charge in [0, 0.05) is 23.4 Å². The lowest BCUT2D eigenvalue weighted by Gasteiger charge is -2.19. The SMILES string of the molecule is CC(C)(C)C(=O)NCCc1ccc(S(=O)(=O)N2CCC[C@H]2C(=O)O)s1. The lowest BCUT2D eigenvalue weighted by molar-refractivity contribution is -0.140. The number of rotatable bonds is 6. The average molecular weight is 389 g/mol. The summed E-state index contributed by atoms with van der Waals surface area (Å²) in [4.78, 5) is 23.9. The normalized spacial score (nSPS) is 19.1. The molecule has 2 heterocycles. The Bertz CT molecular complexity index is 749. The number of aliphatic carboxylic acids is 1. The molecular formula is C16H24N2O5S2. The van der Waals surface area contributed by atoms with Crippen LogP contribution in [0.1, 0.15) is 38.5 Å². The van der Waals surface area contributed by atoms with Crippen LogP contribution in [0.25, 0.3) is 0 Å². The molecule has 1 fully saturated rings. The fourth-order valence-corrected chi connectivity index (χ4v) is 5.72. The van der Waals surface area contributed by atoms with Gasteiger partial charge in [0.25, 0.3) is 10.0 Å². The van der Waals surface area contributed by atoms with Gasteiger partial charge in [0.2, 0.25) is 5.91 Å². The summed E-state index contributed by atoms with van der Waals surface area (Å²) >= 11 is 1.13. The number of nitrogens with one attached hydrogen (secondary N) is 1. The topological polar surface area (TPSA) is 104 Å². The fourth-order valence-electron chi connectivity index (χ4n) is 2.59. The first-order valence-electron chi connectivity index (χ1n) is 8.15. The number of carboxylic acids is 1. The first-order chi connectivity index (χ1) is 11.5. The zero-order chi connectivity index (χ0) is 18.8. The van der Waals surface area contributed by atoms with E-state index < -0.39 is 27.4 Å². The van der Waals surface area contributed by atoms with E-state index in [0.717, 1.165) is 20.5 Å². The maximum atomic E-state index is 12.7. The van der Waals surface area contributed by atoms with Crippen molar-refractivity contribution >= 4 is 33.2 Å². The Labute approximate surface area is 152 Å². The second-order valence-electron chi connectivity index (χ2n) is 7.09. The van der Waals surface area contributed by atoms with E-state index in [-0.39, 0.29) is 16.7 Å². The van der Waals surface area contributed by atoms with E-state index in [9.17, 15) is 23.1 Å². The second-order valence-corrected chi connectivity index (χ2v) is 10.4. The number of amides is 1. The molecule has 1 aromatic rings. The van der Waals surface area contributed by atoms with Gasteiger partial charge in [0.1, 0.15) is 10.3 Å². The molecule has 0 aromatic carbocycles. The maximum absolute atomic E-state index is 12.7. The number of sulfonamides is 1. The molecule has 0 saturated carbocycles. The number of carbonyl (C=O) groups excluding carboxylic acids is 1. The molecular weight excluding hydrogens is 364 g/mol. The first kappa shape index (κ1) is 19.9. The van der Waals surface area contributed by atoms with Crippen LogP contribution in [0.2, 0.25) is 0 Å². The van der Waals surface area contributed by atoms with Crippen molar-refractivity contribution in [3.63, 3.8) is 0 Å². The molecule has 2 rings (SSSR count). The Morgan fingerprint density at radius 3 is 2.64 bits per heavy atom. The van der Waals surface area contributed by atoms with Crippen LogP contribution in [-0.2, 0) is 26.0 Å². The molecule has 0 bridgehead atoms. The lowest BCUT2D eigenvalue weighted by atomic mass is 9.96. The van der Waals surface area contributed by atoms with Crippen LogP contribution in [0.4, 0.5) is 0 Å². The predicted octanol–water partition coefficient (Wildman–Crippen LogP) is 1.69. The lowest BCUT2D eigenvalue weighted by Crippen LogP contribution is -2.40. The Morgan fingerprint density at radius 1 is 1.36 bits per heavy atom. The van der Waals surface area contributed by atoms with Gasteiger partial charge in [-0.2, -0.15) is 4.31 Å². The number of carbonyl (C=O) groups is 2. The van der Waals surface area contributed by atoms with Gasteiger partial charge in [-0.1, -0.05) is 20.8 Å². The summed E-state index contributed by atoms with van der Waals surface area (Å²) in [5.74, 6) is -1.17. The van der Waals surface area contributed by atoms with Crippen molar-refractivity contribution in [3.05, 3.63) is 17.0 Å². The number of carboxylic acid groups (broad SMARTS) is 1. The third kappa shape index (κ3) is 4.59. The average Bonchev–Trinajstić information content (AvgIpc) is 3.15. The van der Waals surface area contributed by atoms with Crippen molar-refractivity contribution in [1.29, 1.82) is 0 Å². The highest BCUT2D eigenvalue weighted by Gasteiger charge is 2.40. The van der Waals surface area contributed by atoms with Gasteiger partial charge >= 0.3 is 5.97 Å². The molecule has 1 aromatic heterocycles. The molecule has 1 amide bonds. The molecule has 0 unspecified atom stereocenters. The molecule has 1 aliphatic rings. The highest BCUT2D eigenvalue weighted by Crippen LogP contribution is 2.30. The van der Waals surface area contributed by atoms with Crippen molar-refractivity contribution in [2.45, 2.75) is 50.3 Å². The molecule has 140 valence electrons. The van der Waals surface area contributed by atoms with E-state index in [1.165, 1.54) is 6.07 Å². The van der Waals surface area contributed by atoms with Crippen LogP contribution in [0, 0.1) is 5.41 Å². The van der Waals surface area contributed by atoms with Gasteiger partial charge in [-0.3, -0.25) is 9.59 Å². The molecule has 0 radical (unpaired) electrons. The van der Waals surface area contributed by atoms with Crippen LogP contribution < -0.4 is 5.32 Å². The van der Waals surface area contributed by atoms with Crippen molar-refractivity contribution in [1.82, 2.24) is 9.62 Å². The van der Waals surface area contributed by atoms with Gasteiger partial charge in [-0.25, -0.2) is 8.42 Å². The van der Waals surface area contributed by atoms with Crippen molar-refractivity contribution in [3.8, 4) is 0 Å². The standard InChI is InChI=1S/C16H24N2O5S2/c1-16(2,3)15(21)17-9-8-11-6-7-13(24-11)25(22,23)18-10-4-5-12(18)14(19)20/h6-7,12H,4-5,8-10H2,1-3H3,(H,17,21)(H,19,20)/t12-/m0/s1. The summed E-state index contributed by atoms with van der Waals surface area (Å²) in [6, 6.07) is 2.24.